The maximum atomic E-state index is 10.5. The lowest BCUT2D eigenvalue weighted by atomic mass is 10.1. The summed E-state index contributed by atoms with van der Waals surface area (Å²) in [5, 5.41) is 2.08. The van der Waals surface area contributed by atoms with E-state index in [1.165, 1.54) is 0 Å². The molecule has 0 aromatic carbocycles. The first-order valence-electron chi connectivity index (χ1n) is 4.09. The standard InChI is InChI=1S/C10H9NOS/c12-6-8-1-3-11-10(5-8)9-2-4-13-7-9/h1-6,9H,7H2. The molecule has 3 heteroatoms. The molecule has 0 bridgehead atoms. The van der Waals surface area contributed by atoms with Crippen LogP contribution in [0.25, 0.3) is 0 Å². The van der Waals surface area contributed by atoms with Gasteiger partial charge in [0.15, 0.2) is 0 Å². The normalized spacial score (nSPS) is 20.5. The molecule has 1 aliphatic heterocycles. The Morgan fingerprint density at radius 1 is 1.62 bits per heavy atom. The molecule has 1 atom stereocenters. The molecule has 13 heavy (non-hydrogen) atoms. The molecular formula is C10H9NOS. The summed E-state index contributed by atoms with van der Waals surface area (Å²) in [5.74, 6) is 1.42. The molecule has 0 spiro atoms. The van der Waals surface area contributed by atoms with Crippen LogP contribution in [0.5, 0.6) is 0 Å². The van der Waals surface area contributed by atoms with E-state index in [0.717, 1.165) is 17.7 Å². The van der Waals surface area contributed by atoms with E-state index >= 15 is 0 Å². The second-order valence-electron chi connectivity index (χ2n) is 2.90. The fourth-order valence-corrected chi connectivity index (χ4v) is 2.19. The minimum atomic E-state index is 0.380. The Kier molecular flexibility index (Phi) is 2.45. The van der Waals surface area contributed by atoms with Gasteiger partial charge >= 0.3 is 0 Å². The Morgan fingerprint density at radius 2 is 2.54 bits per heavy atom. The topological polar surface area (TPSA) is 30.0 Å². The highest BCUT2D eigenvalue weighted by Gasteiger charge is 2.13. The van der Waals surface area contributed by atoms with Gasteiger partial charge in [-0.25, -0.2) is 0 Å². The maximum absolute atomic E-state index is 10.5. The van der Waals surface area contributed by atoms with Crippen molar-refractivity contribution >= 4 is 18.0 Å². The van der Waals surface area contributed by atoms with Crippen molar-refractivity contribution in [3.8, 4) is 0 Å². The van der Waals surface area contributed by atoms with E-state index in [0.29, 0.717) is 11.5 Å². The summed E-state index contributed by atoms with van der Waals surface area (Å²) in [7, 11) is 0. The second kappa shape index (κ2) is 3.75. The Balaban J connectivity index is 2.29. The first-order chi connectivity index (χ1) is 6.40. The number of hydrogen-bond donors (Lipinski definition) is 0. The Labute approximate surface area is 81.1 Å². The first kappa shape index (κ1) is 8.51. The number of pyridine rings is 1. The molecule has 0 radical (unpaired) electrons. The van der Waals surface area contributed by atoms with E-state index in [-0.39, 0.29) is 0 Å². The number of allylic oxidation sites excluding steroid dienone is 1. The second-order valence-corrected chi connectivity index (χ2v) is 3.84. The molecule has 0 fully saturated rings. The SMILES string of the molecule is O=Cc1ccnc(C2C=CSC2)c1. The fourth-order valence-electron chi connectivity index (χ4n) is 1.29. The van der Waals surface area contributed by atoms with E-state index in [9.17, 15) is 4.79 Å². The zero-order valence-corrected chi connectivity index (χ0v) is 7.83. The Hall–Kier alpha value is -1.09. The minimum Gasteiger partial charge on any atom is -0.298 e. The number of aromatic nitrogens is 1. The molecule has 2 nitrogen and oxygen atoms in total. The molecule has 66 valence electrons. The lowest BCUT2D eigenvalue weighted by Crippen LogP contribution is -1.98. The van der Waals surface area contributed by atoms with Gasteiger partial charge in [-0.3, -0.25) is 9.78 Å². The smallest absolute Gasteiger partial charge is 0.150 e. The fraction of sp³-hybridized carbons (Fsp3) is 0.200. The average Bonchev–Trinajstić information content (AvgIpc) is 2.71. The molecular weight excluding hydrogens is 182 g/mol. The van der Waals surface area contributed by atoms with E-state index in [1.54, 1.807) is 24.0 Å². The number of hydrogen-bond acceptors (Lipinski definition) is 3. The van der Waals surface area contributed by atoms with Crippen LogP contribution in [0.15, 0.2) is 29.8 Å². The quantitative estimate of drug-likeness (QED) is 0.671. The van der Waals surface area contributed by atoms with Gasteiger partial charge in [0.05, 0.1) is 0 Å². The molecule has 0 aliphatic carbocycles. The van der Waals surface area contributed by atoms with E-state index in [4.69, 9.17) is 0 Å². The number of carbonyl (C=O) groups excluding carboxylic acids is 1. The van der Waals surface area contributed by atoms with Gasteiger partial charge in [0, 0.05) is 29.1 Å². The van der Waals surface area contributed by atoms with Crippen LogP contribution < -0.4 is 0 Å². The molecule has 0 saturated carbocycles. The third kappa shape index (κ3) is 1.80. The van der Waals surface area contributed by atoms with Crippen molar-refractivity contribution in [2.24, 2.45) is 0 Å². The van der Waals surface area contributed by atoms with Gasteiger partial charge in [-0.2, -0.15) is 0 Å². The van der Waals surface area contributed by atoms with Crippen molar-refractivity contribution in [1.82, 2.24) is 4.98 Å². The predicted octanol–water partition coefficient (Wildman–Crippen LogP) is 2.24. The van der Waals surface area contributed by atoms with E-state index in [2.05, 4.69) is 16.5 Å². The monoisotopic (exact) mass is 191 g/mol. The molecule has 1 aromatic rings. The van der Waals surface area contributed by atoms with Crippen LogP contribution >= 0.6 is 11.8 Å². The molecule has 0 amide bonds. The summed E-state index contributed by atoms with van der Waals surface area (Å²) in [6.07, 6.45) is 4.68. The molecule has 2 rings (SSSR count). The van der Waals surface area contributed by atoms with Crippen LogP contribution in [0.2, 0.25) is 0 Å². The summed E-state index contributed by atoms with van der Waals surface area (Å²) in [5.41, 5.74) is 1.70. The zero-order valence-electron chi connectivity index (χ0n) is 7.01. The largest absolute Gasteiger partial charge is 0.298 e. The van der Waals surface area contributed by atoms with Crippen LogP contribution in [0.1, 0.15) is 22.0 Å². The molecule has 0 saturated heterocycles. The van der Waals surface area contributed by atoms with Crippen LogP contribution in [0, 0.1) is 0 Å². The maximum Gasteiger partial charge on any atom is 0.150 e. The average molecular weight is 191 g/mol. The van der Waals surface area contributed by atoms with Gasteiger partial charge in [-0.15, -0.1) is 11.8 Å². The van der Waals surface area contributed by atoms with Crippen molar-refractivity contribution in [1.29, 1.82) is 0 Å². The van der Waals surface area contributed by atoms with Crippen LogP contribution in [-0.2, 0) is 0 Å². The molecule has 1 aromatic heterocycles. The van der Waals surface area contributed by atoms with Crippen molar-refractivity contribution < 1.29 is 4.79 Å². The van der Waals surface area contributed by atoms with Gasteiger partial charge in [0.25, 0.3) is 0 Å². The highest BCUT2D eigenvalue weighted by atomic mass is 32.2. The number of carbonyl (C=O) groups is 1. The van der Waals surface area contributed by atoms with Gasteiger partial charge < -0.3 is 0 Å². The van der Waals surface area contributed by atoms with Crippen LogP contribution in [0.4, 0.5) is 0 Å². The third-order valence-corrected chi connectivity index (χ3v) is 2.91. The lowest BCUT2D eigenvalue weighted by molar-refractivity contribution is 0.112. The van der Waals surface area contributed by atoms with Crippen molar-refractivity contribution in [2.75, 3.05) is 5.75 Å². The lowest BCUT2D eigenvalue weighted by Gasteiger charge is -2.05. The summed E-state index contributed by atoms with van der Waals surface area (Å²) in [6.45, 7) is 0. The summed E-state index contributed by atoms with van der Waals surface area (Å²) in [4.78, 5) is 14.8. The van der Waals surface area contributed by atoms with Crippen LogP contribution in [-0.4, -0.2) is 17.0 Å². The van der Waals surface area contributed by atoms with Crippen molar-refractivity contribution in [3.05, 3.63) is 41.1 Å². The number of thioether (sulfide) groups is 1. The summed E-state index contributed by atoms with van der Waals surface area (Å²) < 4.78 is 0. The predicted molar refractivity (Wildman–Crippen MR) is 54.0 cm³/mol. The van der Waals surface area contributed by atoms with Crippen LogP contribution in [0.3, 0.4) is 0 Å². The van der Waals surface area contributed by atoms with Crippen molar-refractivity contribution in [2.45, 2.75) is 5.92 Å². The summed E-state index contributed by atoms with van der Waals surface area (Å²) >= 11 is 1.78. The van der Waals surface area contributed by atoms with Gasteiger partial charge in [0.2, 0.25) is 0 Å². The molecule has 0 N–H and O–H groups in total. The number of aldehydes is 1. The van der Waals surface area contributed by atoms with Gasteiger partial charge in [-0.1, -0.05) is 6.08 Å². The number of nitrogens with zero attached hydrogens (tertiary/aromatic N) is 1. The zero-order chi connectivity index (χ0) is 9.10. The highest BCUT2D eigenvalue weighted by molar-refractivity contribution is 8.02. The molecule has 2 heterocycles. The molecule has 1 aliphatic rings. The third-order valence-electron chi connectivity index (χ3n) is 2.00. The Morgan fingerprint density at radius 3 is 3.23 bits per heavy atom. The number of rotatable bonds is 2. The minimum absolute atomic E-state index is 0.380. The van der Waals surface area contributed by atoms with Gasteiger partial charge in [-0.05, 0) is 17.5 Å². The van der Waals surface area contributed by atoms with Crippen molar-refractivity contribution in [3.63, 3.8) is 0 Å². The van der Waals surface area contributed by atoms with Gasteiger partial charge in [0.1, 0.15) is 6.29 Å². The first-order valence-corrected chi connectivity index (χ1v) is 5.14. The Bertz CT molecular complexity index is 349. The van der Waals surface area contributed by atoms with E-state index < -0.39 is 0 Å². The summed E-state index contributed by atoms with van der Waals surface area (Å²) in [6, 6.07) is 3.58. The highest BCUT2D eigenvalue weighted by Crippen LogP contribution is 2.28. The van der Waals surface area contributed by atoms with E-state index in [1.807, 2.05) is 6.07 Å². The molecule has 1 unspecified atom stereocenters.